The minimum absolute atomic E-state index is 0.654. The van der Waals surface area contributed by atoms with Crippen LogP contribution in [0.5, 0.6) is 0 Å². The van der Waals surface area contributed by atoms with Gasteiger partial charge in [0.05, 0.1) is 0 Å². The molecule has 0 radical (unpaired) electrons. The van der Waals surface area contributed by atoms with Crippen molar-refractivity contribution >= 4 is 17.4 Å². The van der Waals surface area contributed by atoms with Crippen LogP contribution in [-0.2, 0) is 12.8 Å². The molecule has 0 amide bonds. The third kappa shape index (κ3) is 2.71. The quantitative estimate of drug-likeness (QED) is 0.625. The molecule has 0 N–H and O–H groups in total. The maximum absolute atomic E-state index is 6.00. The van der Waals surface area contributed by atoms with E-state index in [0.717, 1.165) is 19.4 Å². The molecule has 4 heteroatoms. The fourth-order valence-corrected chi connectivity index (χ4v) is 3.36. The highest BCUT2D eigenvalue weighted by Gasteiger charge is 2.28. The van der Waals surface area contributed by atoms with Crippen LogP contribution in [0.1, 0.15) is 49.8 Å². The van der Waals surface area contributed by atoms with Gasteiger partial charge in [0.1, 0.15) is 12.1 Å². The van der Waals surface area contributed by atoms with Crippen molar-refractivity contribution in [1.82, 2.24) is 9.97 Å². The van der Waals surface area contributed by atoms with Gasteiger partial charge in [0, 0.05) is 29.7 Å². The van der Waals surface area contributed by atoms with E-state index in [2.05, 4.69) is 14.9 Å². The molecule has 1 saturated carbocycles. The molecule has 1 aromatic rings. The molecule has 0 unspecified atom stereocenters. The van der Waals surface area contributed by atoms with Gasteiger partial charge in [0.2, 0.25) is 0 Å². The van der Waals surface area contributed by atoms with E-state index in [1.165, 1.54) is 55.6 Å². The second-order valence-electron chi connectivity index (χ2n) is 5.65. The van der Waals surface area contributed by atoms with E-state index in [4.69, 9.17) is 11.6 Å². The molecule has 0 aliphatic heterocycles. The molecule has 3 rings (SSSR count). The van der Waals surface area contributed by atoms with Gasteiger partial charge in [-0.05, 0) is 44.9 Å². The summed E-state index contributed by atoms with van der Waals surface area (Å²) in [6.07, 6.45) is 11.8. The van der Waals surface area contributed by atoms with E-state index in [0.29, 0.717) is 11.9 Å². The zero-order valence-corrected chi connectivity index (χ0v) is 12.2. The van der Waals surface area contributed by atoms with Gasteiger partial charge in [-0.2, -0.15) is 0 Å². The van der Waals surface area contributed by atoms with Crippen molar-refractivity contribution < 1.29 is 0 Å². The number of rotatable bonds is 4. The van der Waals surface area contributed by atoms with Crippen LogP contribution in [0.3, 0.4) is 0 Å². The fourth-order valence-electron chi connectivity index (χ4n) is 3.18. The smallest absolute Gasteiger partial charge is 0.135 e. The zero-order valence-electron chi connectivity index (χ0n) is 11.4. The summed E-state index contributed by atoms with van der Waals surface area (Å²) >= 11 is 6.00. The van der Waals surface area contributed by atoms with Gasteiger partial charge in [-0.15, -0.1) is 11.6 Å². The molecule has 1 heterocycles. The monoisotopic (exact) mass is 279 g/mol. The standard InChI is InChI=1S/C15H22ClN3/c16-9-10-19(12-5-4-6-12)15-13-7-2-1-3-8-14(13)17-11-18-15/h11-12H,1-10H2. The van der Waals surface area contributed by atoms with Crippen LogP contribution in [0, 0.1) is 0 Å². The highest BCUT2D eigenvalue weighted by molar-refractivity contribution is 6.18. The van der Waals surface area contributed by atoms with Crippen LogP contribution in [0.2, 0.25) is 0 Å². The first-order valence-corrected chi connectivity index (χ1v) is 8.09. The second-order valence-corrected chi connectivity index (χ2v) is 6.03. The normalized spacial score (nSPS) is 19.4. The number of aromatic nitrogens is 2. The third-order valence-electron chi connectivity index (χ3n) is 4.47. The molecule has 0 saturated heterocycles. The number of hydrogen-bond donors (Lipinski definition) is 0. The number of anilines is 1. The van der Waals surface area contributed by atoms with Gasteiger partial charge in [-0.3, -0.25) is 0 Å². The SMILES string of the molecule is ClCCN(c1ncnc2c1CCCCC2)C1CCC1. The Balaban J connectivity index is 1.93. The van der Waals surface area contributed by atoms with Gasteiger partial charge in [-0.25, -0.2) is 9.97 Å². The first-order chi connectivity index (χ1) is 9.40. The first-order valence-electron chi connectivity index (χ1n) is 7.55. The Labute approximate surface area is 120 Å². The summed E-state index contributed by atoms with van der Waals surface area (Å²) in [5.74, 6) is 1.85. The first kappa shape index (κ1) is 13.2. The predicted octanol–water partition coefficient (Wildman–Crippen LogP) is 3.34. The van der Waals surface area contributed by atoms with E-state index >= 15 is 0 Å². The maximum atomic E-state index is 6.00. The number of halogens is 1. The lowest BCUT2D eigenvalue weighted by Crippen LogP contribution is -2.42. The Kier molecular flexibility index (Phi) is 4.21. The minimum Gasteiger partial charge on any atom is -0.352 e. The van der Waals surface area contributed by atoms with Crippen molar-refractivity contribution in [3.05, 3.63) is 17.6 Å². The summed E-state index contributed by atoms with van der Waals surface area (Å²) in [5, 5.41) is 0. The number of nitrogens with zero attached hydrogens (tertiary/aromatic N) is 3. The number of aryl methyl sites for hydroxylation is 1. The van der Waals surface area contributed by atoms with Gasteiger partial charge < -0.3 is 4.90 Å². The topological polar surface area (TPSA) is 29.0 Å². The van der Waals surface area contributed by atoms with E-state index in [9.17, 15) is 0 Å². The molecule has 0 atom stereocenters. The molecular formula is C15H22ClN3. The summed E-state index contributed by atoms with van der Waals surface area (Å²) in [7, 11) is 0. The molecule has 19 heavy (non-hydrogen) atoms. The molecule has 3 nitrogen and oxygen atoms in total. The van der Waals surface area contributed by atoms with E-state index < -0.39 is 0 Å². The Bertz CT molecular complexity index is 431. The Hall–Kier alpha value is -0.830. The Morgan fingerprint density at radius 1 is 1.11 bits per heavy atom. The average Bonchev–Trinajstić information content (AvgIpc) is 2.61. The number of fused-ring (bicyclic) bond motifs is 1. The van der Waals surface area contributed by atoms with Crippen molar-refractivity contribution in [2.45, 2.75) is 57.4 Å². The van der Waals surface area contributed by atoms with Gasteiger partial charge in [0.25, 0.3) is 0 Å². The van der Waals surface area contributed by atoms with Crippen molar-refractivity contribution in [3.8, 4) is 0 Å². The Morgan fingerprint density at radius 3 is 2.68 bits per heavy atom. The van der Waals surface area contributed by atoms with Crippen molar-refractivity contribution in [2.24, 2.45) is 0 Å². The molecule has 2 aliphatic rings. The molecule has 1 fully saturated rings. The minimum atomic E-state index is 0.654. The van der Waals surface area contributed by atoms with Gasteiger partial charge >= 0.3 is 0 Å². The summed E-state index contributed by atoms with van der Waals surface area (Å²) in [5.41, 5.74) is 2.68. The van der Waals surface area contributed by atoms with Crippen LogP contribution in [0.4, 0.5) is 5.82 Å². The third-order valence-corrected chi connectivity index (χ3v) is 4.63. The summed E-state index contributed by atoms with van der Waals surface area (Å²) in [4.78, 5) is 11.6. The van der Waals surface area contributed by atoms with Crippen molar-refractivity contribution in [2.75, 3.05) is 17.3 Å². The summed E-state index contributed by atoms with van der Waals surface area (Å²) < 4.78 is 0. The molecule has 1 aromatic heterocycles. The van der Waals surface area contributed by atoms with Crippen LogP contribution < -0.4 is 4.90 Å². The van der Waals surface area contributed by atoms with Crippen LogP contribution in [0.25, 0.3) is 0 Å². The molecule has 0 bridgehead atoms. The van der Waals surface area contributed by atoms with E-state index in [-0.39, 0.29) is 0 Å². The average molecular weight is 280 g/mol. The van der Waals surface area contributed by atoms with Crippen LogP contribution in [0.15, 0.2) is 6.33 Å². The second kappa shape index (κ2) is 6.08. The lowest BCUT2D eigenvalue weighted by molar-refractivity contribution is 0.388. The van der Waals surface area contributed by atoms with Gasteiger partial charge in [-0.1, -0.05) is 6.42 Å². The van der Waals surface area contributed by atoms with E-state index in [1.54, 1.807) is 6.33 Å². The molecule has 104 valence electrons. The van der Waals surface area contributed by atoms with Crippen LogP contribution in [-0.4, -0.2) is 28.4 Å². The molecule has 2 aliphatic carbocycles. The van der Waals surface area contributed by atoms with Crippen LogP contribution >= 0.6 is 11.6 Å². The Morgan fingerprint density at radius 2 is 1.95 bits per heavy atom. The van der Waals surface area contributed by atoms with E-state index in [1.807, 2.05) is 0 Å². The van der Waals surface area contributed by atoms with Crippen molar-refractivity contribution in [3.63, 3.8) is 0 Å². The highest BCUT2D eigenvalue weighted by atomic mass is 35.5. The zero-order chi connectivity index (χ0) is 13.1. The summed E-state index contributed by atoms with van der Waals surface area (Å²) in [6, 6.07) is 0.654. The molecule has 0 spiro atoms. The maximum Gasteiger partial charge on any atom is 0.135 e. The summed E-state index contributed by atoms with van der Waals surface area (Å²) in [6.45, 7) is 0.912. The lowest BCUT2D eigenvalue weighted by atomic mass is 9.91. The number of alkyl halides is 1. The number of hydrogen-bond acceptors (Lipinski definition) is 3. The molecular weight excluding hydrogens is 258 g/mol. The lowest BCUT2D eigenvalue weighted by Gasteiger charge is -2.39. The molecule has 0 aromatic carbocycles. The largest absolute Gasteiger partial charge is 0.352 e. The van der Waals surface area contributed by atoms with Crippen molar-refractivity contribution in [1.29, 1.82) is 0 Å². The van der Waals surface area contributed by atoms with Gasteiger partial charge in [0.15, 0.2) is 0 Å². The fraction of sp³-hybridized carbons (Fsp3) is 0.733. The predicted molar refractivity (Wildman–Crippen MR) is 79.0 cm³/mol. The highest BCUT2D eigenvalue weighted by Crippen LogP contribution is 2.33.